The Kier molecular flexibility index (Phi) is 2.21. The Balaban J connectivity index is 2.84. The largest absolute Gasteiger partial charge is 0.265 e. The van der Waals surface area contributed by atoms with Gasteiger partial charge in [-0.2, -0.15) is 0 Å². The van der Waals surface area contributed by atoms with Crippen LogP contribution in [-0.4, -0.2) is 6.21 Å². The van der Waals surface area contributed by atoms with Crippen LogP contribution >= 0.6 is 0 Å². The summed E-state index contributed by atoms with van der Waals surface area (Å²) in [5.74, 6) is 0. The first kappa shape index (κ1) is 7.00. The second kappa shape index (κ2) is 3.16. The van der Waals surface area contributed by atoms with Crippen molar-refractivity contribution >= 4 is 6.21 Å². The highest BCUT2D eigenvalue weighted by Crippen LogP contribution is 2.10. The molecule has 0 saturated carbocycles. The lowest BCUT2D eigenvalue weighted by molar-refractivity contribution is 1.23. The standard InChI is InChI=1S/C9H11N/c1-3-8(2)9-5-4-6-10-7-9/h3-4,6-7H,1,5H2,2H3/b9-8+. The molecular formula is C9H11N. The van der Waals surface area contributed by atoms with Gasteiger partial charge in [-0.3, -0.25) is 4.99 Å². The van der Waals surface area contributed by atoms with Crippen molar-refractivity contribution in [2.24, 2.45) is 4.99 Å². The van der Waals surface area contributed by atoms with Crippen LogP contribution in [-0.2, 0) is 0 Å². The quantitative estimate of drug-likeness (QED) is 0.521. The summed E-state index contributed by atoms with van der Waals surface area (Å²) in [7, 11) is 0. The third-order valence-electron chi connectivity index (χ3n) is 1.57. The van der Waals surface area contributed by atoms with Crippen LogP contribution in [0.4, 0.5) is 0 Å². The van der Waals surface area contributed by atoms with Crippen molar-refractivity contribution in [2.45, 2.75) is 13.3 Å². The molecule has 1 rings (SSSR count). The first-order valence-electron chi connectivity index (χ1n) is 3.35. The molecule has 0 spiro atoms. The van der Waals surface area contributed by atoms with Crippen LogP contribution in [0.25, 0.3) is 0 Å². The SMILES string of the molecule is C=C/C(C)=C1/C=NC=CC1. The number of nitrogens with zero attached hydrogens (tertiary/aromatic N) is 1. The van der Waals surface area contributed by atoms with Crippen molar-refractivity contribution in [1.82, 2.24) is 0 Å². The van der Waals surface area contributed by atoms with E-state index in [9.17, 15) is 0 Å². The van der Waals surface area contributed by atoms with Crippen LogP contribution in [0.2, 0.25) is 0 Å². The van der Waals surface area contributed by atoms with E-state index in [0.29, 0.717) is 0 Å². The van der Waals surface area contributed by atoms with Gasteiger partial charge in [0.2, 0.25) is 0 Å². The van der Waals surface area contributed by atoms with Gasteiger partial charge in [-0.1, -0.05) is 18.7 Å². The average Bonchev–Trinajstić information content (AvgIpc) is 2.05. The average molecular weight is 133 g/mol. The maximum absolute atomic E-state index is 4.02. The molecule has 10 heavy (non-hydrogen) atoms. The second-order valence-corrected chi connectivity index (χ2v) is 2.28. The molecule has 1 aliphatic rings. The van der Waals surface area contributed by atoms with Gasteiger partial charge < -0.3 is 0 Å². The summed E-state index contributed by atoms with van der Waals surface area (Å²) in [5, 5.41) is 0. The highest BCUT2D eigenvalue weighted by atomic mass is 14.7. The molecule has 0 N–H and O–H groups in total. The minimum absolute atomic E-state index is 0.987. The van der Waals surface area contributed by atoms with Crippen molar-refractivity contribution in [1.29, 1.82) is 0 Å². The number of hydrogen-bond acceptors (Lipinski definition) is 1. The van der Waals surface area contributed by atoms with E-state index in [1.165, 1.54) is 11.1 Å². The fourth-order valence-corrected chi connectivity index (χ4v) is 0.820. The summed E-state index contributed by atoms with van der Waals surface area (Å²) in [6.45, 7) is 5.74. The van der Waals surface area contributed by atoms with E-state index in [-0.39, 0.29) is 0 Å². The van der Waals surface area contributed by atoms with E-state index in [4.69, 9.17) is 0 Å². The summed E-state index contributed by atoms with van der Waals surface area (Å²) in [4.78, 5) is 4.02. The van der Waals surface area contributed by atoms with E-state index in [2.05, 4.69) is 11.6 Å². The van der Waals surface area contributed by atoms with Crippen molar-refractivity contribution in [3.05, 3.63) is 36.1 Å². The maximum atomic E-state index is 4.02. The molecule has 0 aliphatic carbocycles. The number of hydrogen-bond donors (Lipinski definition) is 0. The van der Waals surface area contributed by atoms with Gasteiger partial charge in [-0.25, -0.2) is 0 Å². The molecule has 0 unspecified atom stereocenters. The zero-order chi connectivity index (χ0) is 7.40. The van der Waals surface area contributed by atoms with Gasteiger partial charge in [0.1, 0.15) is 0 Å². The highest BCUT2D eigenvalue weighted by molar-refractivity contribution is 5.82. The number of aliphatic imine (C=N–C) groups is 1. The van der Waals surface area contributed by atoms with Crippen molar-refractivity contribution in [2.75, 3.05) is 0 Å². The molecule has 1 nitrogen and oxygen atoms in total. The van der Waals surface area contributed by atoms with Crippen LogP contribution in [0.1, 0.15) is 13.3 Å². The van der Waals surface area contributed by atoms with E-state index < -0.39 is 0 Å². The Morgan fingerprint density at radius 2 is 2.60 bits per heavy atom. The topological polar surface area (TPSA) is 12.4 Å². The first-order valence-corrected chi connectivity index (χ1v) is 3.35. The van der Waals surface area contributed by atoms with Crippen LogP contribution in [0, 0.1) is 0 Å². The van der Waals surface area contributed by atoms with E-state index >= 15 is 0 Å². The third kappa shape index (κ3) is 1.44. The molecule has 0 aromatic heterocycles. The van der Waals surface area contributed by atoms with Gasteiger partial charge >= 0.3 is 0 Å². The van der Waals surface area contributed by atoms with Crippen LogP contribution < -0.4 is 0 Å². The lowest BCUT2D eigenvalue weighted by Crippen LogP contribution is -1.90. The normalized spacial score (nSPS) is 20.9. The minimum atomic E-state index is 0.987. The van der Waals surface area contributed by atoms with Crippen molar-refractivity contribution in [3.63, 3.8) is 0 Å². The molecule has 1 aliphatic heterocycles. The molecule has 0 saturated heterocycles. The molecule has 0 bridgehead atoms. The summed E-state index contributed by atoms with van der Waals surface area (Å²) in [6, 6.07) is 0. The van der Waals surface area contributed by atoms with E-state index in [0.717, 1.165) is 6.42 Å². The fourth-order valence-electron chi connectivity index (χ4n) is 0.820. The second-order valence-electron chi connectivity index (χ2n) is 2.28. The van der Waals surface area contributed by atoms with Crippen LogP contribution in [0.3, 0.4) is 0 Å². The number of rotatable bonds is 1. The molecule has 0 radical (unpaired) electrons. The Morgan fingerprint density at radius 3 is 3.10 bits per heavy atom. The van der Waals surface area contributed by atoms with Crippen LogP contribution in [0.5, 0.6) is 0 Å². The monoisotopic (exact) mass is 133 g/mol. The highest BCUT2D eigenvalue weighted by Gasteiger charge is 1.96. The maximum Gasteiger partial charge on any atom is 0.0305 e. The molecule has 0 aromatic rings. The zero-order valence-electron chi connectivity index (χ0n) is 6.17. The van der Waals surface area contributed by atoms with Gasteiger partial charge in [-0.05, 0) is 24.5 Å². The molecule has 0 aromatic carbocycles. The Morgan fingerprint density at radius 1 is 1.80 bits per heavy atom. The van der Waals surface area contributed by atoms with Gasteiger partial charge in [0.15, 0.2) is 0 Å². The predicted molar refractivity (Wildman–Crippen MR) is 45.1 cm³/mol. The molecule has 0 atom stereocenters. The Bertz CT molecular complexity index is 219. The fraction of sp³-hybridized carbons (Fsp3) is 0.222. The lowest BCUT2D eigenvalue weighted by atomic mass is 10.1. The minimum Gasteiger partial charge on any atom is -0.265 e. The van der Waals surface area contributed by atoms with Crippen molar-refractivity contribution < 1.29 is 0 Å². The van der Waals surface area contributed by atoms with Gasteiger partial charge in [0, 0.05) is 12.4 Å². The summed E-state index contributed by atoms with van der Waals surface area (Å²) in [6.07, 6.45) is 8.60. The Hall–Kier alpha value is -1.11. The molecule has 1 heteroatoms. The smallest absolute Gasteiger partial charge is 0.0305 e. The Labute approximate surface area is 61.5 Å². The van der Waals surface area contributed by atoms with Gasteiger partial charge in [0.25, 0.3) is 0 Å². The molecule has 0 fully saturated rings. The lowest BCUT2D eigenvalue weighted by Gasteiger charge is -2.02. The zero-order valence-corrected chi connectivity index (χ0v) is 6.17. The van der Waals surface area contributed by atoms with E-state index in [1.54, 1.807) is 0 Å². The van der Waals surface area contributed by atoms with Gasteiger partial charge in [-0.15, -0.1) is 0 Å². The first-order chi connectivity index (χ1) is 4.84. The molecular weight excluding hydrogens is 122 g/mol. The number of allylic oxidation sites excluding steroid dienone is 4. The molecule has 1 heterocycles. The molecule has 0 amide bonds. The van der Waals surface area contributed by atoms with Gasteiger partial charge in [0.05, 0.1) is 0 Å². The summed E-state index contributed by atoms with van der Waals surface area (Å²) in [5.41, 5.74) is 2.48. The summed E-state index contributed by atoms with van der Waals surface area (Å²) >= 11 is 0. The third-order valence-corrected chi connectivity index (χ3v) is 1.57. The van der Waals surface area contributed by atoms with Crippen LogP contribution in [0.15, 0.2) is 41.1 Å². The van der Waals surface area contributed by atoms with E-state index in [1.807, 2.05) is 31.5 Å². The summed E-state index contributed by atoms with van der Waals surface area (Å²) < 4.78 is 0. The van der Waals surface area contributed by atoms with Crippen molar-refractivity contribution in [3.8, 4) is 0 Å². The molecule has 52 valence electrons. The predicted octanol–water partition coefficient (Wildman–Crippen LogP) is 2.48.